The van der Waals surface area contributed by atoms with E-state index < -0.39 is 11.6 Å². The quantitative estimate of drug-likeness (QED) is 0.887. The Kier molecular flexibility index (Phi) is 4.91. The molecule has 0 saturated heterocycles. The summed E-state index contributed by atoms with van der Waals surface area (Å²) in [4.78, 5) is 0. The first-order valence-electron chi connectivity index (χ1n) is 7.99. The van der Waals surface area contributed by atoms with E-state index in [4.69, 9.17) is 10.5 Å². The number of nitrogens with zero attached hydrogens (tertiary/aromatic N) is 2. The third-order valence-electron chi connectivity index (χ3n) is 4.29. The van der Waals surface area contributed by atoms with E-state index in [2.05, 4.69) is 5.10 Å². The van der Waals surface area contributed by atoms with Crippen LogP contribution in [-0.4, -0.2) is 9.78 Å². The minimum atomic E-state index is -0.480. The minimum Gasteiger partial charge on any atom is -0.473 e. The number of hydrogen-bond acceptors (Lipinski definition) is 3. The summed E-state index contributed by atoms with van der Waals surface area (Å²) in [6.45, 7) is 1.06. The highest BCUT2D eigenvalue weighted by Gasteiger charge is 2.19. The van der Waals surface area contributed by atoms with Crippen LogP contribution in [0.25, 0.3) is 0 Å². The van der Waals surface area contributed by atoms with Crippen molar-refractivity contribution in [2.75, 3.05) is 0 Å². The van der Waals surface area contributed by atoms with E-state index in [1.807, 2.05) is 0 Å². The Hall–Kier alpha value is -1.95. The Bertz CT molecular complexity index is 666. The van der Waals surface area contributed by atoms with Crippen molar-refractivity contribution in [2.24, 2.45) is 11.7 Å². The van der Waals surface area contributed by atoms with E-state index in [0.29, 0.717) is 18.3 Å². The maximum Gasteiger partial charge on any atom is 0.212 e. The molecule has 0 radical (unpaired) electrons. The topological polar surface area (TPSA) is 53.1 Å². The van der Waals surface area contributed by atoms with Crippen LogP contribution in [0, 0.1) is 17.6 Å². The summed E-state index contributed by atoms with van der Waals surface area (Å²) in [5.41, 5.74) is 6.57. The summed E-state index contributed by atoms with van der Waals surface area (Å²) in [6, 6.07) is 5.12. The van der Waals surface area contributed by atoms with E-state index in [1.165, 1.54) is 25.7 Å². The highest BCUT2D eigenvalue weighted by molar-refractivity contribution is 5.20. The van der Waals surface area contributed by atoms with Gasteiger partial charge in [0, 0.05) is 24.7 Å². The minimum absolute atomic E-state index is 0.0377. The van der Waals surface area contributed by atoms with Gasteiger partial charge in [-0.2, -0.15) is 5.10 Å². The van der Waals surface area contributed by atoms with Gasteiger partial charge in [0.05, 0.1) is 5.69 Å². The van der Waals surface area contributed by atoms with E-state index in [1.54, 1.807) is 10.7 Å². The van der Waals surface area contributed by atoms with Gasteiger partial charge in [-0.05, 0) is 37.0 Å². The Morgan fingerprint density at radius 3 is 2.74 bits per heavy atom. The lowest BCUT2D eigenvalue weighted by molar-refractivity contribution is 0.257. The zero-order valence-corrected chi connectivity index (χ0v) is 13.0. The highest BCUT2D eigenvalue weighted by Crippen LogP contribution is 2.28. The molecule has 6 heteroatoms. The fourth-order valence-corrected chi connectivity index (χ4v) is 3.04. The monoisotopic (exact) mass is 321 g/mol. The van der Waals surface area contributed by atoms with Gasteiger partial charge in [0.25, 0.3) is 0 Å². The van der Waals surface area contributed by atoms with E-state index in [9.17, 15) is 8.78 Å². The van der Waals surface area contributed by atoms with Crippen molar-refractivity contribution in [1.82, 2.24) is 9.78 Å². The molecular formula is C17H21F2N3O. The molecule has 124 valence electrons. The van der Waals surface area contributed by atoms with Crippen LogP contribution in [-0.2, 0) is 19.7 Å². The van der Waals surface area contributed by atoms with Crippen LogP contribution < -0.4 is 10.5 Å². The lowest BCUT2D eigenvalue weighted by Gasteiger charge is -2.13. The second-order valence-corrected chi connectivity index (χ2v) is 6.04. The van der Waals surface area contributed by atoms with Crippen LogP contribution in [0.5, 0.6) is 5.88 Å². The average Bonchev–Trinajstić information content (AvgIpc) is 3.18. The molecule has 0 spiro atoms. The van der Waals surface area contributed by atoms with Crippen LogP contribution in [0.2, 0.25) is 0 Å². The molecule has 1 fully saturated rings. The molecule has 1 saturated carbocycles. The highest BCUT2D eigenvalue weighted by atomic mass is 19.1. The van der Waals surface area contributed by atoms with Gasteiger partial charge in [0.15, 0.2) is 0 Å². The lowest BCUT2D eigenvalue weighted by atomic mass is 10.1. The Morgan fingerprint density at radius 1 is 1.22 bits per heavy atom. The van der Waals surface area contributed by atoms with Gasteiger partial charge in [-0.1, -0.05) is 12.8 Å². The first kappa shape index (κ1) is 15.9. The fourth-order valence-electron chi connectivity index (χ4n) is 3.04. The number of benzene rings is 1. The van der Waals surface area contributed by atoms with Gasteiger partial charge in [-0.15, -0.1) is 0 Å². The van der Waals surface area contributed by atoms with E-state index in [0.717, 1.165) is 30.4 Å². The molecule has 0 amide bonds. The summed E-state index contributed by atoms with van der Waals surface area (Å²) in [7, 11) is 0. The molecule has 1 aromatic heterocycles. The van der Waals surface area contributed by atoms with Crippen molar-refractivity contribution in [1.29, 1.82) is 0 Å². The Morgan fingerprint density at radius 2 is 2.00 bits per heavy atom. The molecule has 4 nitrogen and oxygen atoms in total. The van der Waals surface area contributed by atoms with Crippen molar-refractivity contribution in [3.8, 4) is 5.88 Å². The van der Waals surface area contributed by atoms with Gasteiger partial charge < -0.3 is 10.5 Å². The van der Waals surface area contributed by atoms with Crippen LogP contribution in [0.4, 0.5) is 8.78 Å². The molecular weight excluding hydrogens is 300 g/mol. The Labute approximate surface area is 134 Å². The largest absolute Gasteiger partial charge is 0.473 e. The number of nitrogens with two attached hydrogens (primary N) is 1. The van der Waals surface area contributed by atoms with Crippen molar-refractivity contribution in [3.05, 3.63) is 47.2 Å². The molecule has 0 bridgehead atoms. The van der Waals surface area contributed by atoms with Gasteiger partial charge in [0.2, 0.25) is 5.88 Å². The first-order chi connectivity index (χ1) is 11.2. The summed E-state index contributed by atoms with van der Waals surface area (Å²) in [5, 5.41) is 4.44. The van der Waals surface area contributed by atoms with Gasteiger partial charge >= 0.3 is 0 Å². The van der Waals surface area contributed by atoms with Crippen LogP contribution in [0.3, 0.4) is 0 Å². The van der Waals surface area contributed by atoms with Gasteiger partial charge in [-0.25, -0.2) is 13.5 Å². The molecule has 3 rings (SSSR count). The van der Waals surface area contributed by atoms with E-state index in [-0.39, 0.29) is 12.2 Å². The molecule has 1 heterocycles. The van der Waals surface area contributed by atoms with Crippen molar-refractivity contribution < 1.29 is 13.5 Å². The average molecular weight is 321 g/mol. The number of hydrogen-bond donors (Lipinski definition) is 1. The number of ether oxygens (including phenoxy) is 1. The Balaban J connectivity index is 1.73. The van der Waals surface area contributed by atoms with Crippen LogP contribution in [0.1, 0.15) is 36.9 Å². The smallest absolute Gasteiger partial charge is 0.212 e. The predicted octanol–water partition coefficient (Wildman–Crippen LogP) is 3.39. The first-order valence-corrected chi connectivity index (χ1v) is 7.99. The molecule has 2 aromatic rings. The SMILES string of the molecule is NCc1cc(OCc2cc(F)ccc2F)n(CC2CCCC2)n1. The van der Waals surface area contributed by atoms with E-state index >= 15 is 0 Å². The van der Waals surface area contributed by atoms with Crippen molar-refractivity contribution in [2.45, 2.75) is 45.4 Å². The second-order valence-electron chi connectivity index (χ2n) is 6.04. The van der Waals surface area contributed by atoms with Gasteiger partial charge in [0.1, 0.15) is 18.2 Å². The second kappa shape index (κ2) is 7.08. The number of aromatic nitrogens is 2. The zero-order chi connectivity index (χ0) is 16.2. The molecule has 1 aliphatic rings. The molecule has 1 aliphatic carbocycles. The number of rotatable bonds is 6. The zero-order valence-electron chi connectivity index (χ0n) is 13.0. The third-order valence-corrected chi connectivity index (χ3v) is 4.29. The maximum atomic E-state index is 13.7. The predicted molar refractivity (Wildman–Crippen MR) is 82.8 cm³/mol. The normalized spacial score (nSPS) is 15.3. The molecule has 0 aliphatic heterocycles. The standard InChI is InChI=1S/C17H21F2N3O/c18-14-5-6-16(19)13(7-14)11-23-17-8-15(9-20)21-22(17)10-12-3-1-2-4-12/h5-8,12H,1-4,9-11,20H2. The third kappa shape index (κ3) is 3.88. The lowest BCUT2D eigenvalue weighted by Crippen LogP contribution is -2.12. The maximum absolute atomic E-state index is 13.7. The van der Waals surface area contributed by atoms with Gasteiger partial charge in [-0.3, -0.25) is 0 Å². The molecule has 0 atom stereocenters. The molecule has 1 aromatic carbocycles. The summed E-state index contributed by atoms with van der Waals surface area (Å²) < 4.78 is 34.4. The molecule has 23 heavy (non-hydrogen) atoms. The summed E-state index contributed by atoms with van der Waals surface area (Å²) in [5.74, 6) is 0.189. The number of halogens is 2. The van der Waals surface area contributed by atoms with Crippen LogP contribution in [0.15, 0.2) is 24.3 Å². The van der Waals surface area contributed by atoms with Crippen LogP contribution >= 0.6 is 0 Å². The molecule has 0 unspecified atom stereocenters. The van der Waals surface area contributed by atoms with Crippen molar-refractivity contribution >= 4 is 0 Å². The summed E-state index contributed by atoms with van der Waals surface area (Å²) >= 11 is 0. The molecule has 2 N–H and O–H groups in total. The fraction of sp³-hybridized carbons (Fsp3) is 0.471. The summed E-state index contributed by atoms with van der Waals surface area (Å²) in [6.07, 6.45) is 4.88. The van der Waals surface area contributed by atoms with Crippen molar-refractivity contribution in [3.63, 3.8) is 0 Å².